The van der Waals surface area contributed by atoms with Crippen molar-refractivity contribution in [3.63, 3.8) is 0 Å². The third-order valence-corrected chi connectivity index (χ3v) is 6.75. The molecule has 0 unspecified atom stereocenters. The molecule has 2 aromatic heterocycles. The van der Waals surface area contributed by atoms with Crippen molar-refractivity contribution in [2.24, 2.45) is 5.92 Å². The summed E-state index contributed by atoms with van der Waals surface area (Å²) in [5.41, 5.74) is 2.88. The van der Waals surface area contributed by atoms with Gasteiger partial charge in [-0.3, -0.25) is 0 Å². The van der Waals surface area contributed by atoms with Gasteiger partial charge in [0.25, 0.3) is 0 Å². The molecule has 7 heteroatoms. The van der Waals surface area contributed by atoms with Crippen molar-refractivity contribution in [2.75, 3.05) is 24.2 Å². The van der Waals surface area contributed by atoms with Gasteiger partial charge in [0, 0.05) is 29.9 Å². The normalized spacial score (nSPS) is 15.3. The first-order valence-corrected chi connectivity index (χ1v) is 11.4. The molecule has 0 atom stereocenters. The molecule has 3 aromatic rings. The van der Waals surface area contributed by atoms with E-state index in [0.29, 0.717) is 5.02 Å². The summed E-state index contributed by atoms with van der Waals surface area (Å²) in [4.78, 5) is 17.5. The zero-order valence-corrected chi connectivity index (χ0v) is 17.7. The van der Waals surface area contributed by atoms with Crippen LogP contribution in [-0.4, -0.2) is 34.3 Å². The topological polar surface area (TPSA) is 41.9 Å². The highest BCUT2D eigenvalue weighted by Gasteiger charge is 2.23. The molecular formula is C20H21ClN4S2. The first kappa shape index (κ1) is 18.7. The Morgan fingerprint density at radius 2 is 2.00 bits per heavy atom. The number of hydrogen-bond donors (Lipinski definition) is 0. The number of piperidine rings is 1. The molecule has 0 bridgehead atoms. The highest BCUT2D eigenvalue weighted by atomic mass is 35.5. The van der Waals surface area contributed by atoms with Gasteiger partial charge in [-0.05, 0) is 43.2 Å². The van der Waals surface area contributed by atoms with Gasteiger partial charge >= 0.3 is 0 Å². The molecule has 0 radical (unpaired) electrons. The maximum absolute atomic E-state index is 6.25. The lowest BCUT2D eigenvalue weighted by atomic mass is 10.00. The van der Waals surface area contributed by atoms with Crippen molar-refractivity contribution in [3.8, 4) is 21.8 Å². The lowest BCUT2D eigenvalue weighted by Gasteiger charge is -2.29. The van der Waals surface area contributed by atoms with E-state index in [1.165, 1.54) is 12.8 Å². The van der Waals surface area contributed by atoms with E-state index in [1.807, 2.05) is 36.7 Å². The molecule has 0 spiro atoms. The maximum atomic E-state index is 6.25. The standard InChI is InChI=1S/C20H21ClN4S2/c1-13-7-10-25(11-8-13)20-24-17(14-4-3-5-15(21)12-14)18(27-20)16-6-9-22-19(23-16)26-2/h3-6,9,12-13H,7-8,10-11H2,1-2H3. The molecule has 1 aromatic carbocycles. The minimum absolute atomic E-state index is 0.715. The number of halogens is 1. The molecule has 4 rings (SSSR count). The van der Waals surface area contributed by atoms with Crippen molar-refractivity contribution in [1.29, 1.82) is 0 Å². The zero-order valence-electron chi connectivity index (χ0n) is 15.4. The van der Waals surface area contributed by atoms with Gasteiger partial charge < -0.3 is 4.90 Å². The lowest BCUT2D eigenvalue weighted by molar-refractivity contribution is 0.438. The molecule has 1 saturated heterocycles. The molecule has 3 heterocycles. The number of anilines is 1. The Bertz CT molecular complexity index is 935. The minimum atomic E-state index is 0.715. The van der Waals surface area contributed by atoms with Crippen LogP contribution in [-0.2, 0) is 0 Å². The second-order valence-corrected chi connectivity index (χ2v) is 8.97. The lowest BCUT2D eigenvalue weighted by Crippen LogP contribution is -2.32. The zero-order chi connectivity index (χ0) is 18.8. The van der Waals surface area contributed by atoms with Crippen LogP contribution >= 0.6 is 34.7 Å². The number of hydrogen-bond acceptors (Lipinski definition) is 6. The molecule has 0 saturated carbocycles. The van der Waals surface area contributed by atoms with E-state index in [9.17, 15) is 0 Å². The van der Waals surface area contributed by atoms with Gasteiger partial charge in [0.1, 0.15) is 0 Å². The van der Waals surface area contributed by atoms with Gasteiger partial charge in [0.2, 0.25) is 0 Å². The van der Waals surface area contributed by atoms with E-state index in [4.69, 9.17) is 21.6 Å². The molecule has 1 fully saturated rings. The highest BCUT2D eigenvalue weighted by Crippen LogP contribution is 2.41. The van der Waals surface area contributed by atoms with Crippen LogP contribution in [0.4, 0.5) is 5.13 Å². The average Bonchev–Trinajstić information content (AvgIpc) is 3.14. The second kappa shape index (κ2) is 8.17. The van der Waals surface area contributed by atoms with Gasteiger partial charge in [-0.25, -0.2) is 15.0 Å². The number of aromatic nitrogens is 3. The van der Waals surface area contributed by atoms with E-state index < -0.39 is 0 Å². The molecule has 4 nitrogen and oxygen atoms in total. The van der Waals surface area contributed by atoms with Crippen LogP contribution in [0.15, 0.2) is 41.7 Å². The molecule has 0 amide bonds. The number of thioether (sulfide) groups is 1. The number of rotatable bonds is 4. The Hall–Kier alpha value is -1.63. The number of thiazole rings is 1. The fourth-order valence-electron chi connectivity index (χ4n) is 3.21. The predicted octanol–water partition coefficient (Wildman–Crippen LogP) is 5.88. The van der Waals surface area contributed by atoms with Gasteiger partial charge in [-0.2, -0.15) is 0 Å². The van der Waals surface area contributed by atoms with Crippen LogP contribution in [0.2, 0.25) is 5.02 Å². The van der Waals surface area contributed by atoms with E-state index in [-0.39, 0.29) is 0 Å². The summed E-state index contributed by atoms with van der Waals surface area (Å²) in [6.45, 7) is 4.44. The summed E-state index contributed by atoms with van der Waals surface area (Å²) in [5.74, 6) is 0.791. The Morgan fingerprint density at radius 3 is 2.74 bits per heavy atom. The SMILES string of the molecule is CSc1nccc(-c2sc(N3CCC(C)CC3)nc2-c2cccc(Cl)c2)n1. The van der Waals surface area contributed by atoms with Crippen LogP contribution in [0.25, 0.3) is 21.8 Å². The van der Waals surface area contributed by atoms with Crippen molar-refractivity contribution in [3.05, 3.63) is 41.6 Å². The molecular weight excluding hydrogens is 396 g/mol. The fraction of sp³-hybridized carbons (Fsp3) is 0.350. The second-order valence-electron chi connectivity index (χ2n) is 6.78. The van der Waals surface area contributed by atoms with Gasteiger partial charge in [-0.15, -0.1) is 0 Å². The summed E-state index contributed by atoms with van der Waals surface area (Å²) >= 11 is 9.51. The number of nitrogens with zero attached hydrogens (tertiary/aromatic N) is 4. The van der Waals surface area contributed by atoms with Gasteiger partial charge in [0.05, 0.1) is 16.3 Å². The van der Waals surface area contributed by atoms with Gasteiger partial charge in [0.15, 0.2) is 10.3 Å². The van der Waals surface area contributed by atoms with E-state index >= 15 is 0 Å². The average molecular weight is 417 g/mol. The Morgan fingerprint density at radius 1 is 1.19 bits per heavy atom. The predicted molar refractivity (Wildman–Crippen MR) is 116 cm³/mol. The first-order chi connectivity index (χ1) is 13.1. The summed E-state index contributed by atoms with van der Waals surface area (Å²) in [5, 5.41) is 2.55. The smallest absolute Gasteiger partial charge is 0.187 e. The van der Waals surface area contributed by atoms with E-state index in [1.54, 1.807) is 23.1 Å². The van der Waals surface area contributed by atoms with Crippen molar-refractivity contribution in [1.82, 2.24) is 15.0 Å². The fourth-order valence-corrected chi connectivity index (χ4v) is 4.87. The van der Waals surface area contributed by atoms with Crippen molar-refractivity contribution in [2.45, 2.75) is 24.9 Å². The van der Waals surface area contributed by atoms with Crippen LogP contribution in [0, 0.1) is 5.92 Å². The Balaban J connectivity index is 1.80. The first-order valence-electron chi connectivity index (χ1n) is 9.03. The summed E-state index contributed by atoms with van der Waals surface area (Å²) < 4.78 is 0. The molecule has 1 aliphatic rings. The Kier molecular flexibility index (Phi) is 5.66. The van der Waals surface area contributed by atoms with Crippen molar-refractivity contribution < 1.29 is 0 Å². The maximum Gasteiger partial charge on any atom is 0.187 e. The molecule has 27 heavy (non-hydrogen) atoms. The molecule has 1 aliphatic heterocycles. The van der Waals surface area contributed by atoms with E-state index in [0.717, 1.165) is 51.1 Å². The molecule has 140 valence electrons. The summed E-state index contributed by atoms with van der Waals surface area (Å²) in [6.07, 6.45) is 6.24. The highest BCUT2D eigenvalue weighted by molar-refractivity contribution is 7.98. The third-order valence-electron chi connectivity index (χ3n) is 4.82. The monoisotopic (exact) mass is 416 g/mol. The van der Waals surface area contributed by atoms with E-state index in [2.05, 4.69) is 22.9 Å². The minimum Gasteiger partial charge on any atom is -0.348 e. The Labute approximate surface area is 173 Å². The quantitative estimate of drug-likeness (QED) is 0.392. The largest absolute Gasteiger partial charge is 0.348 e. The summed E-state index contributed by atoms with van der Waals surface area (Å²) in [7, 11) is 0. The summed E-state index contributed by atoms with van der Waals surface area (Å²) in [6, 6.07) is 9.85. The van der Waals surface area contributed by atoms with Crippen LogP contribution < -0.4 is 4.90 Å². The molecule has 0 N–H and O–H groups in total. The van der Waals surface area contributed by atoms with Crippen LogP contribution in [0.1, 0.15) is 19.8 Å². The van der Waals surface area contributed by atoms with Crippen LogP contribution in [0.3, 0.4) is 0 Å². The van der Waals surface area contributed by atoms with Crippen LogP contribution in [0.5, 0.6) is 0 Å². The third kappa shape index (κ3) is 4.13. The van der Waals surface area contributed by atoms with Gasteiger partial charge in [-0.1, -0.05) is 53.8 Å². The van der Waals surface area contributed by atoms with Crippen molar-refractivity contribution >= 4 is 39.8 Å². The molecule has 0 aliphatic carbocycles. The number of benzene rings is 1.